The largest absolute Gasteiger partial charge is 0.359 e. The average Bonchev–Trinajstić information content (AvgIpc) is 2.65. The van der Waals surface area contributed by atoms with Gasteiger partial charge in [0.1, 0.15) is 0 Å². The molecule has 1 unspecified atom stereocenters. The summed E-state index contributed by atoms with van der Waals surface area (Å²) in [5.41, 5.74) is -1.45. The molecule has 8 heteroatoms. The summed E-state index contributed by atoms with van der Waals surface area (Å²) < 4.78 is 55.3. The Morgan fingerprint density at radius 3 is 1.52 bits per heavy atom. The number of ether oxygens (including phenoxy) is 4. The van der Waals surface area contributed by atoms with Crippen LogP contribution in [0.4, 0.5) is 0 Å². The molecule has 0 aliphatic rings. The molecule has 0 saturated heterocycles. The third-order valence-electron chi connectivity index (χ3n) is 4.64. The van der Waals surface area contributed by atoms with Crippen LogP contribution in [-0.4, -0.2) is 50.8 Å². The van der Waals surface area contributed by atoms with E-state index in [1.807, 2.05) is 0 Å². The molecule has 7 nitrogen and oxygen atoms in total. The van der Waals surface area contributed by atoms with Gasteiger partial charge in [-0.25, -0.2) is 0 Å². The SMILES string of the molecule is CCCCCCCCCCCCOC(CC(OCC)(OCC)OCC)S(=O)(=O)O. The Hall–Kier alpha value is -0.250. The molecule has 0 saturated carbocycles. The fourth-order valence-electron chi connectivity index (χ4n) is 3.22. The van der Waals surface area contributed by atoms with Gasteiger partial charge in [0.05, 0.1) is 6.42 Å². The molecule has 0 aromatic carbocycles. The molecule has 0 aliphatic heterocycles. The van der Waals surface area contributed by atoms with Gasteiger partial charge in [0.25, 0.3) is 16.1 Å². The zero-order chi connectivity index (χ0) is 22.0. The van der Waals surface area contributed by atoms with Crippen molar-refractivity contribution in [2.24, 2.45) is 0 Å². The van der Waals surface area contributed by atoms with E-state index < -0.39 is 21.5 Å². The highest BCUT2D eigenvalue weighted by Gasteiger charge is 2.41. The normalized spacial score (nSPS) is 13.7. The third kappa shape index (κ3) is 14.4. The summed E-state index contributed by atoms with van der Waals surface area (Å²) >= 11 is 0. The van der Waals surface area contributed by atoms with Crippen molar-refractivity contribution in [1.29, 1.82) is 0 Å². The van der Waals surface area contributed by atoms with Gasteiger partial charge >= 0.3 is 0 Å². The van der Waals surface area contributed by atoms with Crippen molar-refractivity contribution in [2.45, 2.75) is 110 Å². The van der Waals surface area contributed by atoms with Crippen LogP contribution in [0.1, 0.15) is 98.3 Å². The van der Waals surface area contributed by atoms with Gasteiger partial charge in [-0.05, 0) is 27.2 Å². The Morgan fingerprint density at radius 2 is 1.14 bits per heavy atom. The van der Waals surface area contributed by atoms with E-state index in [0.29, 0.717) is 0 Å². The quantitative estimate of drug-likeness (QED) is 0.147. The highest BCUT2D eigenvalue weighted by molar-refractivity contribution is 7.86. The van der Waals surface area contributed by atoms with E-state index >= 15 is 0 Å². The summed E-state index contributed by atoms with van der Waals surface area (Å²) in [4.78, 5) is 0. The molecular formula is C21H44O7S. The monoisotopic (exact) mass is 440 g/mol. The highest BCUT2D eigenvalue weighted by atomic mass is 32.2. The Labute approximate surface area is 178 Å². The van der Waals surface area contributed by atoms with Crippen LogP contribution in [-0.2, 0) is 29.1 Å². The van der Waals surface area contributed by atoms with Gasteiger partial charge in [0.15, 0.2) is 5.44 Å². The maximum Gasteiger partial charge on any atom is 0.292 e. The second-order valence-electron chi connectivity index (χ2n) is 7.18. The summed E-state index contributed by atoms with van der Waals surface area (Å²) in [6.45, 7) is 8.59. The lowest BCUT2D eigenvalue weighted by molar-refractivity contribution is -0.383. The lowest BCUT2D eigenvalue weighted by atomic mass is 10.1. The first-order chi connectivity index (χ1) is 13.8. The van der Waals surface area contributed by atoms with Crippen molar-refractivity contribution in [3.63, 3.8) is 0 Å². The van der Waals surface area contributed by atoms with Crippen LogP contribution in [0.5, 0.6) is 0 Å². The molecule has 0 spiro atoms. The molecule has 1 N–H and O–H groups in total. The summed E-state index contributed by atoms with van der Waals surface area (Å²) in [5, 5.41) is 0. The lowest BCUT2D eigenvalue weighted by Gasteiger charge is -2.34. The van der Waals surface area contributed by atoms with Crippen LogP contribution < -0.4 is 0 Å². The van der Waals surface area contributed by atoms with E-state index in [0.717, 1.165) is 19.3 Å². The average molecular weight is 441 g/mol. The third-order valence-corrected chi connectivity index (χ3v) is 5.61. The molecule has 0 fully saturated rings. The molecule has 0 heterocycles. The minimum atomic E-state index is -4.43. The van der Waals surface area contributed by atoms with E-state index in [-0.39, 0.29) is 32.8 Å². The van der Waals surface area contributed by atoms with Crippen molar-refractivity contribution in [3.05, 3.63) is 0 Å². The highest BCUT2D eigenvalue weighted by Crippen LogP contribution is 2.26. The standard InChI is InChI=1S/C21H44O7S/c1-5-9-10-11-12-13-14-15-16-17-18-25-20(29(22,23)24)19-21(26-6-2,27-7-3)28-8-4/h20H,5-19H2,1-4H3,(H,22,23,24). The fraction of sp³-hybridized carbons (Fsp3) is 1.00. The van der Waals surface area contributed by atoms with Crippen LogP contribution in [0.15, 0.2) is 0 Å². The second kappa shape index (κ2) is 17.4. The maximum atomic E-state index is 11.8. The Morgan fingerprint density at radius 1 is 0.724 bits per heavy atom. The number of hydrogen-bond acceptors (Lipinski definition) is 6. The fourth-order valence-corrected chi connectivity index (χ4v) is 3.90. The van der Waals surface area contributed by atoms with Crippen molar-refractivity contribution in [1.82, 2.24) is 0 Å². The summed E-state index contributed by atoms with van der Waals surface area (Å²) in [6, 6.07) is 0. The second-order valence-corrected chi connectivity index (χ2v) is 8.74. The van der Waals surface area contributed by atoms with Gasteiger partial charge in [0.2, 0.25) is 0 Å². The first-order valence-electron chi connectivity index (χ1n) is 11.3. The van der Waals surface area contributed by atoms with E-state index in [2.05, 4.69) is 6.92 Å². The molecule has 0 bridgehead atoms. The zero-order valence-electron chi connectivity index (χ0n) is 19.0. The van der Waals surface area contributed by atoms with Gasteiger partial charge in [-0.2, -0.15) is 8.42 Å². The predicted molar refractivity (Wildman–Crippen MR) is 115 cm³/mol. The topological polar surface area (TPSA) is 91.3 Å². The maximum absolute atomic E-state index is 11.8. The van der Waals surface area contributed by atoms with E-state index in [9.17, 15) is 13.0 Å². The molecule has 0 radical (unpaired) electrons. The molecular weight excluding hydrogens is 396 g/mol. The molecule has 0 rings (SSSR count). The van der Waals surface area contributed by atoms with Crippen LogP contribution >= 0.6 is 0 Å². The zero-order valence-corrected chi connectivity index (χ0v) is 19.8. The van der Waals surface area contributed by atoms with Gasteiger partial charge in [-0.15, -0.1) is 0 Å². The smallest absolute Gasteiger partial charge is 0.292 e. The molecule has 1 atom stereocenters. The minimum Gasteiger partial charge on any atom is -0.359 e. The molecule has 0 aromatic rings. The Kier molecular flexibility index (Phi) is 17.3. The lowest BCUT2D eigenvalue weighted by Crippen LogP contribution is -2.45. The molecule has 0 aliphatic carbocycles. The van der Waals surface area contributed by atoms with Gasteiger partial charge in [0, 0.05) is 26.4 Å². The Balaban J connectivity index is 4.36. The van der Waals surface area contributed by atoms with Crippen LogP contribution in [0.25, 0.3) is 0 Å². The Bertz CT molecular complexity index is 451. The molecule has 0 aromatic heterocycles. The van der Waals surface area contributed by atoms with E-state index in [4.69, 9.17) is 18.9 Å². The number of rotatable bonds is 21. The first-order valence-corrected chi connectivity index (χ1v) is 12.8. The predicted octanol–water partition coefficient (Wildman–Crippen LogP) is 5.29. The van der Waals surface area contributed by atoms with Gasteiger partial charge in [-0.3, -0.25) is 4.55 Å². The van der Waals surface area contributed by atoms with Crippen LogP contribution in [0.2, 0.25) is 0 Å². The first kappa shape index (κ1) is 28.8. The summed E-state index contributed by atoms with van der Waals surface area (Å²) in [6.07, 6.45) is 11.5. The van der Waals surface area contributed by atoms with Crippen molar-refractivity contribution in [3.8, 4) is 0 Å². The van der Waals surface area contributed by atoms with E-state index in [1.165, 1.54) is 44.9 Å². The minimum absolute atomic E-state index is 0.251. The van der Waals surface area contributed by atoms with E-state index in [1.54, 1.807) is 20.8 Å². The number of unbranched alkanes of at least 4 members (excludes halogenated alkanes) is 9. The summed E-state index contributed by atoms with van der Waals surface area (Å²) in [7, 11) is -4.43. The van der Waals surface area contributed by atoms with Gasteiger partial charge < -0.3 is 18.9 Å². The van der Waals surface area contributed by atoms with Crippen LogP contribution in [0, 0.1) is 0 Å². The molecule has 29 heavy (non-hydrogen) atoms. The molecule has 176 valence electrons. The van der Waals surface area contributed by atoms with Crippen molar-refractivity contribution in [2.75, 3.05) is 26.4 Å². The van der Waals surface area contributed by atoms with Crippen LogP contribution in [0.3, 0.4) is 0 Å². The summed E-state index contributed by atoms with van der Waals surface area (Å²) in [5.74, 6) is -1.55. The van der Waals surface area contributed by atoms with Crippen molar-refractivity contribution >= 4 is 10.1 Å². The number of hydrogen-bond donors (Lipinski definition) is 1. The molecule has 0 amide bonds. The van der Waals surface area contributed by atoms with Gasteiger partial charge in [-0.1, -0.05) is 64.7 Å². The van der Waals surface area contributed by atoms with Crippen molar-refractivity contribution < 1.29 is 31.9 Å².